The molecule has 0 radical (unpaired) electrons. The molecule has 1 aliphatic heterocycles. The number of rotatable bonds is 12. The van der Waals surface area contributed by atoms with E-state index < -0.39 is 17.9 Å². The fraction of sp³-hybridized carbons (Fsp3) is 0.474. The molecule has 0 bridgehead atoms. The van der Waals surface area contributed by atoms with Gasteiger partial charge in [0.25, 0.3) is 5.91 Å². The van der Waals surface area contributed by atoms with Crippen LogP contribution in [-0.4, -0.2) is 69.6 Å². The molecule has 1 fully saturated rings. The molecule has 0 aromatic heterocycles. The zero-order chi connectivity index (χ0) is 21.1. The number of nitrogens with two attached hydrogens (primary N) is 1. The maximum absolute atomic E-state index is 12.6. The van der Waals surface area contributed by atoms with Gasteiger partial charge in [0, 0.05) is 25.2 Å². The predicted molar refractivity (Wildman–Crippen MR) is 105 cm³/mol. The lowest BCUT2D eigenvalue weighted by atomic mass is 10.0. The Labute approximate surface area is 168 Å². The van der Waals surface area contributed by atoms with E-state index in [9.17, 15) is 19.2 Å². The van der Waals surface area contributed by atoms with Gasteiger partial charge in [-0.3, -0.25) is 24.5 Å². The minimum atomic E-state index is -0.814. The number of carbonyl (C=O) groups excluding carboxylic acids is 4. The SMILES string of the molecule is NCCOCCOCCNc1cccc(C(=O)NC2CCC(=O)NC2=O)c1C=O. The monoisotopic (exact) mass is 406 g/mol. The van der Waals surface area contributed by atoms with E-state index in [4.69, 9.17) is 15.2 Å². The number of hydrogen-bond acceptors (Lipinski definition) is 8. The average molecular weight is 406 g/mol. The van der Waals surface area contributed by atoms with Crippen LogP contribution < -0.4 is 21.7 Å². The lowest BCUT2D eigenvalue weighted by molar-refractivity contribution is -0.134. The fourth-order valence-electron chi connectivity index (χ4n) is 2.77. The van der Waals surface area contributed by atoms with Crippen molar-refractivity contribution >= 4 is 29.7 Å². The molecule has 5 N–H and O–H groups in total. The second kappa shape index (κ2) is 11.9. The van der Waals surface area contributed by atoms with Gasteiger partial charge < -0.3 is 25.8 Å². The number of amides is 3. The number of imide groups is 1. The average Bonchev–Trinajstić information content (AvgIpc) is 2.71. The minimum absolute atomic E-state index is 0.144. The molecule has 1 aromatic rings. The molecule has 10 nitrogen and oxygen atoms in total. The molecule has 0 aliphatic carbocycles. The summed E-state index contributed by atoms with van der Waals surface area (Å²) in [5.74, 6) is -1.48. The van der Waals surface area contributed by atoms with Crippen LogP contribution in [-0.2, 0) is 19.1 Å². The molecule has 0 saturated carbocycles. The number of hydrogen-bond donors (Lipinski definition) is 4. The summed E-state index contributed by atoms with van der Waals surface area (Å²) in [4.78, 5) is 47.2. The quantitative estimate of drug-likeness (QED) is 0.205. The molecule has 1 unspecified atom stereocenters. The Kier molecular flexibility index (Phi) is 9.22. The zero-order valence-corrected chi connectivity index (χ0v) is 16.1. The Bertz CT molecular complexity index is 739. The van der Waals surface area contributed by atoms with Crippen molar-refractivity contribution in [2.45, 2.75) is 18.9 Å². The van der Waals surface area contributed by atoms with Gasteiger partial charge in [-0.1, -0.05) is 6.07 Å². The van der Waals surface area contributed by atoms with Crippen molar-refractivity contribution in [1.29, 1.82) is 0 Å². The molecule has 1 aromatic carbocycles. The van der Waals surface area contributed by atoms with E-state index in [1.54, 1.807) is 12.1 Å². The van der Waals surface area contributed by atoms with Crippen LogP contribution in [0.25, 0.3) is 0 Å². The van der Waals surface area contributed by atoms with Crippen molar-refractivity contribution in [3.63, 3.8) is 0 Å². The molecule has 29 heavy (non-hydrogen) atoms. The molecule has 10 heteroatoms. The fourth-order valence-corrected chi connectivity index (χ4v) is 2.77. The number of ether oxygens (including phenoxy) is 2. The van der Waals surface area contributed by atoms with E-state index in [-0.39, 0.29) is 29.9 Å². The molecule has 1 heterocycles. The maximum Gasteiger partial charge on any atom is 0.252 e. The van der Waals surface area contributed by atoms with Gasteiger partial charge in [-0.05, 0) is 18.6 Å². The highest BCUT2D eigenvalue weighted by Gasteiger charge is 2.28. The number of aldehydes is 1. The van der Waals surface area contributed by atoms with Gasteiger partial charge in [0.15, 0.2) is 6.29 Å². The van der Waals surface area contributed by atoms with Gasteiger partial charge in [0.05, 0.1) is 37.6 Å². The molecule has 158 valence electrons. The Morgan fingerprint density at radius 3 is 2.66 bits per heavy atom. The maximum atomic E-state index is 12.6. The largest absolute Gasteiger partial charge is 0.382 e. The smallest absolute Gasteiger partial charge is 0.252 e. The molecule has 3 amide bonds. The molecule has 1 saturated heterocycles. The lowest BCUT2D eigenvalue weighted by Crippen LogP contribution is -2.52. The normalized spacial score (nSPS) is 16.2. The van der Waals surface area contributed by atoms with E-state index in [1.807, 2.05) is 0 Å². The Hall–Kier alpha value is -2.82. The Morgan fingerprint density at radius 2 is 1.97 bits per heavy atom. The van der Waals surface area contributed by atoms with Crippen LogP contribution in [0, 0.1) is 0 Å². The summed E-state index contributed by atoms with van der Waals surface area (Å²) < 4.78 is 10.6. The number of benzene rings is 1. The molecular formula is C19H26N4O6. The van der Waals surface area contributed by atoms with E-state index >= 15 is 0 Å². The summed E-state index contributed by atoms with van der Waals surface area (Å²) in [7, 11) is 0. The second-order valence-corrected chi connectivity index (χ2v) is 6.30. The first kappa shape index (κ1) is 22.5. The highest BCUT2D eigenvalue weighted by Crippen LogP contribution is 2.19. The van der Waals surface area contributed by atoms with E-state index in [1.165, 1.54) is 6.07 Å². The molecule has 1 aliphatic rings. The minimum Gasteiger partial charge on any atom is -0.382 e. The molecule has 2 rings (SSSR count). The first-order chi connectivity index (χ1) is 14.1. The van der Waals surface area contributed by atoms with Crippen LogP contribution in [0.3, 0.4) is 0 Å². The topological polar surface area (TPSA) is 149 Å². The predicted octanol–water partition coefficient (Wildman–Crippen LogP) is -0.562. The number of nitrogens with one attached hydrogen (secondary N) is 3. The van der Waals surface area contributed by atoms with Crippen LogP contribution in [0.2, 0.25) is 0 Å². The standard InChI is InChI=1S/C19H26N4O6/c20-6-8-28-10-11-29-9-7-21-15-3-1-2-13(14(15)12-24)18(26)22-16-4-5-17(25)23-19(16)27/h1-3,12,16,21H,4-11,20H2,(H,22,26)(H,23,25,27). The van der Waals surface area contributed by atoms with E-state index in [0.717, 1.165) is 0 Å². The van der Waals surface area contributed by atoms with Crippen molar-refractivity contribution < 1.29 is 28.7 Å². The van der Waals surface area contributed by atoms with Gasteiger partial charge in [-0.15, -0.1) is 0 Å². The van der Waals surface area contributed by atoms with Gasteiger partial charge in [-0.25, -0.2) is 0 Å². The van der Waals surface area contributed by atoms with Crippen molar-refractivity contribution in [3.05, 3.63) is 29.3 Å². The van der Waals surface area contributed by atoms with Crippen molar-refractivity contribution in [2.24, 2.45) is 5.73 Å². The van der Waals surface area contributed by atoms with Crippen molar-refractivity contribution in [2.75, 3.05) is 44.8 Å². The summed E-state index contributed by atoms with van der Waals surface area (Å²) in [5.41, 5.74) is 6.13. The number of piperidine rings is 1. The third kappa shape index (κ3) is 6.93. The molecule has 0 spiro atoms. The summed E-state index contributed by atoms with van der Waals surface area (Å²) in [6, 6.07) is 4.00. The summed E-state index contributed by atoms with van der Waals surface area (Å²) >= 11 is 0. The van der Waals surface area contributed by atoms with Gasteiger partial charge in [0.1, 0.15) is 6.04 Å². The van der Waals surface area contributed by atoms with E-state index in [2.05, 4.69) is 16.0 Å². The van der Waals surface area contributed by atoms with Crippen molar-refractivity contribution in [1.82, 2.24) is 10.6 Å². The van der Waals surface area contributed by atoms with Gasteiger partial charge in [0.2, 0.25) is 11.8 Å². The van der Waals surface area contributed by atoms with Crippen LogP contribution >= 0.6 is 0 Å². The van der Waals surface area contributed by atoms with Crippen molar-refractivity contribution in [3.8, 4) is 0 Å². The van der Waals surface area contributed by atoms with Gasteiger partial charge >= 0.3 is 0 Å². The highest BCUT2D eigenvalue weighted by atomic mass is 16.5. The third-order valence-corrected chi connectivity index (χ3v) is 4.21. The number of carbonyl (C=O) groups is 4. The third-order valence-electron chi connectivity index (χ3n) is 4.21. The summed E-state index contributed by atoms with van der Waals surface area (Å²) in [6.45, 7) is 2.64. The van der Waals surface area contributed by atoms with Crippen LogP contribution in [0.4, 0.5) is 5.69 Å². The van der Waals surface area contributed by atoms with Gasteiger partial charge in [-0.2, -0.15) is 0 Å². The first-order valence-corrected chi connectivity index (χ1v) is 9.39. The summed E-state index contributed by atoms with van der Waals surface area (Å²) in [6.07, 6.45) is 0.955. The second-order valence-electron chi connectivity index (χ2n) is 6.30. The summed E-state index contributed by atoms with van der Waals surface area (Å²) in [5, 5.41) is 7.81. The lowest BCUT2D eigenvalue weighted by Gasteiger charge is -2.22. The number of anilines is 1. The van der Waals surface area contributed by atoms with Crippen LogP contribution in [0.5, 0.6) is 0 Å². The van der Waals surface area contributed by atoms with Crippen LogP contribution in [0.1, 0.15) is 33.6 Å². The Balaban J connectivity index is 1.89. The zero-order valence-electron chi connectivity index (χ0n) is 16.1. The first-order valence-electron chi connectivity index (χ1n) is 9.39. The molecular weight excluding hydrogens is 380 g/mol. The Morgan fingerprint density at radius 1 is 1.21 bits per heavy atom. The molecule has 1 atom stereocenters. The van der Waals surface area contributed by atoms with Crippen LogP contribution in [0.15, 0.2) is 18.2 Å². The van der Waals surface area contributed by atoms with E-state index in [0.29, 0.717) is 51.5 Å². The highest BCUT2D eigenvalue weighted by molar-refractivity contribution is 6.07.